The van der Waals surface area contributed by atoms with Crippen molar-refractivity contribution in [2.45, 2.75) is 13.5 Å². The minimum absolute atomic E-state index is 0.340. The molecule has 0 aliphatic carbocycles. The van der Waals surface area contributed by atoms with Crippen molar-refractivity contribution in [3.05, 3.63) is 22.5 Å². The standard InChI is InChI=1S/C10H13BrN2O3S/c1-6(2)16-10(14)13(3)5-7-8(11)9(15-4)17-12-7/h1,5H2,2-4H3. The number of hydrogen-bond donors (Lipinski definition) is 0. The third-order valence-electron chi connectivity index (χ3n) is 1.82. The summed E-state index contributed by atoms with van der Waals surface area (Å²) in [7, 11) is 3.20. The van der Waals surface area contributed by atoms with E-state index in [0.717, 1.165) is 10.2 Å². The Kier molecular flexibility index (Phi) is 4.95. The molecule has 0 bridgehead atoms. The van der Waals surface area contributed by atoms with Gasteiger partial charge in [0.05, 0.1) is 29.6 Å². The highest BCUT2D eigenvalue weighted by Gasteiger charge is 2.17. The van der Waals surface area contributed by atoms with Crippen LogP contribution in [-0.4, -0.2) is 29.5 Å². The summed E-state index contributed by atoms with van der Waals surface area (Å²) in [5, 5.41) is 0.682. The summed E-state index contributed by atoms with van der Waals surface area (Å²) in [5.74, 6) is 0.358. The van der Waals surface area contributed by atoms with Gasteiger partial charge in [0.2, 0.25) is 5.06 Å². The van der Waals surface area contributed by atoms with E-state index in [4.69, 9.17) is 9.47 Å². The molecule has 0 atom stereocenters. The fraction of sp³-hybridized carbons (Fsp3) is 0.400. The van der Waals surface area contributed by atoms with Crippen LogP contribution in [0.5, 0.6) is 5.06 Å². The lowest BCUT2D eigenvalue weighted by Gasteiger charge is -2.15. The maximum absolute atomic E-state index is 11.5. The van der Waals surface area contributed by atoms with Crippen LogP contribution in [-0.2, 0) is 11.3 Å². The van der Waals surface area contributed by atoms with Gasteiger partial charge in [-0.1, -0.05) is 6.58 Å². The van der Waals surface area contributed by atoms with Gasteiger partial charge < -0.3 is 14.4 Å². The molecule has 0 aliphatic heterocycles. The first-order valence-electron chi connectivity index (χ1n) is 4.72. The molecule has 0 saturated heterocycles. The molecule has 0 unspecified atom stereocenters. The van der Waals surface area contributed by atoms with Crippen molar-refractivity contribution in [2.75, 3.05) is 14.2 Å². The van der Waals surface area contributed by atoms with Crippen LogP contribution in [0.4, 0.5) is 4.79 Å². The quantitative estimate of drug-likeness (QED) is 0.800. The Balaban J connectivity index is 2.67. The van der Waals surface area contributed by atoms with Gasteiger partial charge in [0, 0.05) is 18.6 Å². The van der Waals surface area contributed by atoms with E-state index in [2.05, 4.69) is 26.9 Å². The Morgan fingerprint density at radius 1 is 1.65 bits per heavy atom. The van der Waals surface area contributed by atoms with Crippen LogP contribution < -0.4 is 4.74 Å². The Morgan fingerprint density at radius 3 is 2.76 bits per heavy atom. The largest absolute Gasteiger partial charge is 0.485 e. The van der Waals surface area contributed by atoms with Crippen LogP contribution in [0.15, 0.2) is 16.8 Å². The Labute approximate surface area is 112 Å². The molecule has 1 aromatic heterocycles. The van der Waals surface area contributed by atoms with Crippen molar-refractivity contribution in [3.63, 3.8) is 0 Å². The first kappa shape index (κ1) is 14.0. The van der Waals surface area contributed by atoms with Gasteiger partial charge >= 0.3 is 6.09 Å². The van der Waals surface area contributed by atoms with Crippen LogP contribution in [0.2, 0.25) is 0 Å². The molecule has 0 radical (unpaired) electrons. The zero-order valence-corrected chi connectivity index (χ0v) is 12.2. The van der Waals surface area contributed by atoms with Crippen molar-refractivity contribution >= 4 is 33.6 Å². The minimum Gasteiger partial charge on any atom is -0.485 e. The maximum atomic E-state index is 11.5. The monoisotopic (exact) mass is 320 g/mol. The molecule has 0 fully saturated rings. The lowest BCUT2D eigenvalue weighted by atomic mass is 10.4. The van der Waals surface area contributed by atoms with Gasteiger partial charge in [-0.15, -0.1) is 0 Å². The Morgan fingerprint density at radius 2 is 2.29 bits per heavy atom. The third-order valence-corrected chi connectivity index (χ3v) is 3.75. The van der Waals surface area contributed by atoms with Crippen LogP contribution in [0.25, 0.3) is 0 Å². The van der Waals surface area contributed by atoms with Crippen molar-refractivity contribution in [3.8, 4) is 5.06 Å². The molecule has 1 rings (SSSR count). The average Bonchev–Trinajstić information content (AvgIpc) is 2.59. The highest BCUT2D eigenvalue weighted by Crippen LogP contribution is 2.33. The fourth-order valence-corrected chi connectivity index (χ4v) is 2.36. The van der Waals surface area contributed by atoms with Gasteiger partial charge in [0.1, 0.15) is 0 Å². The summed E-state index contributed by atoms with van der Waals surface area (Å²) < 4.78 is 14.9. The average molecular weight is 321 g/mol. The number of amides is 1. The van der Waals surface area contributed by atoms with Gasteiger partial charge in [-0.3, -0.25) is 0 Å². The number of ether oxygens (including phenoxy) is 2. The predicted molar refractivity (Wildman–Crippen MR) is 69.1 cm³/mol. The van der Waals surface area contributed by atoms with Crippen molar-refractivity contribution in [2.24, 2.45) is 0 Å². The van der Waals surface area contributed by atoms with E-state index in [-0.39, 0.29) is 0 Å². The number of hydrogen-bond acceptors (Lipinski definition) is 5. The van der Waals surface area contributed by atoms with Crippen molar-refractivity contribution in [1.29, 1.82) is 0 Å². The maximum Gasteiger partial charge on any atom is 0.414 e. The third kappa shape index (κ3) is 3.71. The fourth-order valence-electron chi connectivity index (χ4n) is 1.04. The number of nitrogens with zero attached hydrogens (tertiary/aromatic N) is 2. The number of methoxy groups -OCH3 is 1. The van der Waals surface area contributed by atoms with E-state index in [9.17, 15) is 4.79 Å². The second-order valence-electron chi connectivity index (χ2n) is 3.36. The molecule has 0 aliphatic rings. The van der Waals surface area contributed by atoms with E-state index in [0.29, 0.717) is 17.4 Å². The SMILES string of the molecule is C=C(C)OC(=O)N(C)Cc1nsc(OC)c1Br. The van der Waals surface area contributed by atoms with E-state index >= 15 is 0 Å². The smallest absolute Gasteiger partial charge is 0.414 e. The van der Waals surface area contributed by atoms with Crippen molar-refractivity contribution in [1.82, 2.24) is 9.27 Å². The molecule has 1 amide bonds. The summed E-state index contributed by atoms with van der Waals surface area (Å²) in [4.78, 5) is 12.9. The van der Waals surface area contributed by atoms with Crippen molar-refractivity contribution < 1.29 is 14.3 Å². The Hall–Kier alpha value is -1.08. The molecular weight excluding hydrogens is 308 g/mol. The predicted octanol–water partition coefficient (Wildman–Crippen LogP) is 3.02. The van der Waals surface area contributed by atoms with Crippen LogP contribution in [0, 0.1) is 0 Å². The summed E-state index contributed by atoms with van der Waals surface area (Å²) in [6, 6.07) is 0. The highest BCUT2D eigenvalue weighted by molar-refractivity contribution is 9.10. The van der Waals surface area contributed by atoms with Crippen LogP contribution in [0.1, 0.15) is 12.6 Å². The lowest BCUT2D eigenvalue weighted by molar-refractivity contribution is 0.136. The first-order valence-corrected chi connectivity index (χ1v) is 6.28. The number of rotatable bonds is 4. The molecule has 1 aromatic rings. The second kappa shape index (κ2) is 6.02. The molecule has 17 heavy (non-hydrogen) atoms. The zero-order valence-electron chi connectivity index (χ0n) is 9.82. The molecule has 7 heteroatoms. The lowest BCUT2D eigenvalue weighted by Crippen LogP contribution is -2.26. The minimum atomic E-state index is -0.462. The van der Waals surface area contributed by atoms with Crippen LogP contribution >= 0.6 is 27.5 Å². The summed E-state index contributed by atoms with van der Waals surface area (Å²) in [6.07, 6.45) is -0.462. The number of carbonyl (C=O) groups is 1. The van der Waals surface area contributed by atoms with Gasteiger partial charge in [0.25, 0.3) is 0 Å². The van der Waals surface area contributed by atoms with Gasteiger partial charge in [-0.05, 0) is 22.9 Å². The molecule has 94 valence electrons. The summed E-state index contributed by atoms with van der Waals surface area (Å²) in [5.41, 5.74) is 0.730. The number of halogens is 1. The van der Waals surface area contributed by atoms with Gasteiger partial charge in [-0.25, -0.2) is 4.79 Å². The van der Waals surface area contributed by atoms with E-state index in [1.165, 1.54) is 16.4 Å². The zero-order chi connectivity index (χ0) is 13.0. The van der Waals surface area contributed by atoms with E-state index in [1.54, 1.807) is 21.1 Å². The van der Waals surface area contributed by atoms with Gasteiger partial charge in [0.15, 0.2) is 0 Å². The Bertz CT molecular complexity index is 433. The topological polar surface area (TPSA) is 51.7 Å². The van der Waals surface area contributed by atoms with Gasteiger partial charge in [-0.2, -0.15) is 4.37 Å². The summed E-state index contributed by atoms with van der Waals surface area (Å²) in [6.45, 7) is 5.47. The van der Waals surface area contributed by atoms with E-state index < -0.39 is 6.09 Å². The molecule has 5 nitrogen and oxygen atoms in total. The normalized spacial score (nSPS) is 9.88. The van der Waals surface area contributed by atoms with Crippen LogP contribution in [0.3, 0.4) is 0 Å². The number of allylic oxidation sites excluding steroid dienone is 1. The molecule has 0 aromatic carbocycles. The number of aromatic nitrogens is 1. The molecule has 1 heterocycles. The molecule has 0 saturated carbocycles. The van der Waals surface area contributed by atoms with E-state index in [1.807, 2.05) is 0 Å². The summed E-state index contributed by atoms with van der Waals surface area (Å²) >= 11 is 4.59. The molecule has 0 N–H and O–H groups in total. The highest BCUT2D eigenvalue weighted by atomic mass is 79.9. The molecular formula is C10H13BrN2O3S. The number of carbonyl (C=O) groups excluding carboxylic acids is 1. The first-order chi connectivity index (χ1) is 7.95. The second-order valence-corrected chi connectivity index (χ2v) is 4.89. The molecule has 0 spiro atoms.